The molecule has 0 radical (unpaired) electrons. The summed E-state index contributed by atoms with van der Waals surface area (Å²) in [6, 6.07) is 2.80. The number of hydrogen-bond donors (Lipinski definition) is 0. The van der Waals surface area contributed by atoms with Crippen LogP contribution in [0.1, 0.15) is 50.5 Å². The first-order valence-corrected chi connectivity index (χ1v) is 7.92. The van der Waals surface area contributed by atoms with Gasteiger partial charge < -0.3 is 4.90 Å². The van der Waals surface area contributed by atoms with E-state index in [2.05, 4.69) is 52.7 Å². The van der Waals surface area contributed by atoms with Crippen molar-refractivity contribution >= 4 is 21.7 Å². The molecular weight excluding hydrogens is 290 g/mol. The van der Waals surface area contributed by atoms with E-state index in [1.807, 2.05) is 0 Å². The largest absolute Gasteiger partial charge is 0.353 e. The lowest BCUT2D eigenvalue weighted by atomic mass is 9.91. The fourth-order valence-electron chi connectivity index (χ4n) is 2.25. The lowest BCUT2D eigenvalue weighted by Crippen LogP contribution is -2.42. The van der Waals surface area contributed by atoms with Crippen LogP contribution in [0.15, 0.2) is 6.07 Å². The quantitative estimate of drug-likeness (QED) is 0.777. The van der Waals surface area contributed by atoms with Gasteiger partial charge >= 0.3 is 0 Å². The van der Waals surface area contributed by atoms with Crippen molar-refractivity contribution < 1.29 is 0 Å². The van der Waals surface area contributed by atoms with Gasteiger partial charge in [0.1, 0.15) is 11.6 Å². The monoisotopic (exact) mass is 311 g/mol. The Hall–Kier alpha value is -0.640. The fourth-order valence-corrected chi connectivity index (χ4v) is 2.64. The number of hydrogen-bond acceptors (Lipinski definition) is 3. The third kappa shape index (κ3) is 3.02. The molecule has 0 unspecified atom stereocenters. The highest BCUT2D eigenvalue weighted by Crippen LogP contribution is 2.29. The molecule has 1 aromatic rings. The van der Waals surface area contributed by atoms with Crippen LogP contribution < -0.4 is 4.90 Å². The lowest BCUT2D eigenvalue weighted by molar-refractivity contribution is 0.388. The topological polar surface area (TPSA) is 29.0 Å². The number of alkyl halides is 1. The van der Waals surface area contributed by atoms with Gasteiger partial charge in [0.15, 0.2) is 0 Å². The Balaban J connectivity index is 2.27. The molecule has 2 rings (SSSR count). The van der Waals surface area contributed by atoms with Crippen molar-refractivity contribution in [3.63, 3.8) is 0 Å². The number of anilines is 1. The van der Waals surface area contributed by atoms with Crippen molar-refractivity contribution in [2.45, 2.75) is 52.0 Å². The Morgan fingerprint density at radius 1 is 1.39 bits per heavy atom. The minimum absolute atomic E-state index is 0.385. The molecule has 1 saturated carbocycles. The van der Waals surface area contributed by atoms with Crippen molar-refractivity contribution in [2.75, 3.05) is 16.8 Å². The summed E-state index contributed by atoms with van der Waals surface area (Å²) in [5.74, 6) is 2.45. The van der Waals surface area contributed by atoms with Gasteiger partial charge in [-0.2, -0.15) is 0 Å². The molecule has 100 valence electrons. The first-order chi connectivity index (χ1) is 8.61. The van der Waals surface area contributed by atoms with E-state index in [9.17, 15) is 0 Å². The van der Waals surface area contributed by atoms with Crippen LogP contribution >= 0.6 is 15.9 Å². The molecule has 1 fully saturated rings. The lowest BCUT2D eigenvalue weighted by Gasteiger charge is -2.38. The molecule has 4 heteroatoms. The van der Waals surface area contributed by atoms with E-state index in [1.54, 1.807) is 0 Å². The average Bonchev–Trinajstić information content (AvgIpc) is 2.25. The maximum atomic E-state index is 4.75. The van der Waals surface area contributed by atoms with Gasteiger partial charge in [-0.3, -0.25) is 0 Å². The zero-order valence-corrected chi connectivity index (χ0v) is 13.1. The molecule has 0 spiro atoms. The van der Waals surface area contributed by atoms with Crippen LogP contribution in [-0.4, -0.2) is 27.9 Å². The van der Waals surface area contributed by atoms with Crippen LogP contribution in [0.2, 0.25) is 0 Å². The van der Waals surface area contributed by atoms with E-state index in [1.165, 1.54) is 19.3 Å². The molecular formula is C14H22BrN3. The van der Waals surface area contributed by atoms with E-state index in [0.717, 1.165) is 29.2 Å². The third-order valence-electron chi connectivity index (χ3n) is 3.51. The molecule has 1 aromatic heterocycles. The second-order valence-electron chi connectivity index (χ2n) is 5.35. The van der Waals surface area contributed by atoms with Gasteiger partial charge in [-0.15, -0.1) is 0 Å². The number of aromatic nitrogens is 2. The first kappa shape index (κ1) is 13.8. The summed E-state index contributed by atoms with van der Waals surface area (Å²) in [5.41, 5.74) is 1.07. The average molecular weight is 312 g/mol. The summed E-state index contributed by atoms with van der Waals surface area (Å²) >= 11 is 3.55. The highest BCUT2D eigenvalue weighted by molar-refractivity contribution is 9.09. The minimum atomic E-state index is 0.385. The normalized spacial score (nSPS) is 15.8. The molecule has 3 nitrogen and oxygen atoms in total. The van der Waals surface area contributed by atoms with E-state index in [-0.39, 0.29) is 0 Å². The zero-order chi connectivity index (χ0) is 13.1. The number of halogens is 1. The molecule has 1 heterocycles. The third-order valence-corrected chi connectivity index (χ3v) is 3.86. The van der Waals surface area contributed by atoms with Crippen molar-refractivity contribution in [3.8, 4) is 0 Å². The Kier molecular flexibility index (Phi) is 4.60. The van der Waals surface area contributed by atoms with E-state index in [4.69, 9.17) is 4.98 Å². The number of rotatable bonds is 5. The Morgan fingerprint density at radius 3 is 2.61 bits per heavy atom. The smallest absolute Gasteiger partial charge is 0.133 e. The van der Waals surface area contributed by atoms with Gasteiger partial charge in [-0.1, -0.05) is 29.8 Å². The van der Waals surface area contributed by atoms with Crippen LogP contribution in [0.4, 0.5) is 5.82 Å². The van der Waals surface area contributed by atoms with E-state index >= 15 is 0 Å². The van der Waals surface area contributed by atoms with Gasteiger partial charge in [0.05, 0.1) is 0 Å². The molecule has 0 aromatic carbocycles. The van der Waals surface area contributed by atoms with E-state index < -0.39 is 0 Å². The zero-order valence-electron chi connectivity index (χ0n) is 11.5. The predicted molar refractivity (Wildman–Crippen MR) is 79.6 cm³/mol. The van der Waals surface area contributed by atoms with Gasteiger partial charge in [-0.25, -0.2) is 9.97 Å². The summed E-state index contributed by atoms with van der Waals surface area (Å²) in [5, 5.41) is 0.990. The summed E-state index contributed by atoms with van der Waals surface area (Å²) in [7, 11) is 0. The molecule has 1 aliphatic carbocycles. The molecule has 18 heavy (non-hydrogen) atoms. The summed E-state index contributed by atoms with van der Waals surface area (Å²) < 4.78 is 0. The van der Waals surface area contributed by atoms with Crippen molar-refractivity contribution in [1.29, 1.82) is 0 Å². The van der Waals surface area contributed by atoms with Crippen molar-refractivity contribution in [2.24, 2.45) is 0 Å². The highest BCUT2D eigenvalue weighted by Gasteiger charge is 2.26. The summed E-state index contributed by atoms with van der Waals surface area (Å²) in [6.45, 7) is 7.39. The van der Waals surface area contributed by atoms with Gasteiger partial charge in [0.25, 0.3) is 0 Å². The number of aryl methyl sites for hydroxylation is 1. The summed E-state index contributed by atoms with van der Waals surface area (Å²) in [6.07, 6.45) is 3.95. The SMILES string of the molecule is Cc1cc(N(CCBr)C2CCC2)nc(C(C)C)n1. The van der Waals surface area contributed by atoms with Gasteiger partial charge in [0.2, 0.25) is 0 Å². The van der Waals surface area contributed by atoms with Crippen LogP contribution in [0, 0.1) is 6.92 Å². The van der Waals surface area contributed by atoms with Crippen LogP contribution in [0.25, 0.3) is 0 Å². The minimum Gasteiger partial charge on any atom is -0.353 e. The second kappa shape index (κ2) is 6.00. The second-order valence-corrected chi connectivity index (χ2v) is 6.14. The molecule has 0 amide bonds. The Morgan fingerprint density at radius 2 is 2.11 bits per heavy atom. The standard InChI is InChI=1S/C14H22BrN3/c1-10(2)14-16-11(3)9-13(17-14)18(8-7-15)12-5-4-6-12/h9-10,12H,4-8H2,1-3H3. The molecule has 1 aliphatic rings. The molecule has 0 N–H and O–H groups in total. The first-order valence-electron chi connectivity index (χ1n) is 6.80. The maximum Gasteiger partial charge on any atom is 0.133 e. The van der Waals surface area contributed by atoms with Crippen LogP contribution in [0.3, 0.4) is 0 Å². The van der Waals surface area contributed by atoms with Gasteiger partial charge in [0, 0.05) is 35.6 Å². The molecule has 0 aliphatic heterocycles. The Bertz CT molecular complexity index is 402. The molecule has 0 saturated heterocycles. The predicted octanol–water partition coefficient (Wildman–Crippen LogP) is 3.66. The highest BCUT2D eigenvalue weighted by atomic mass is 79.9. The fraction of sp³-hybridized carbons (Fsp3) is 0.714. The van der Waals surface area contributed by atoms with Gasteiger partial charge in [-0.05, 0) is 26.2 Å². The van der Waals surface area contributed by atoms with Crippen LogP contribution in [-0.2, 0) is 0 Å². The van der Waals surface area contributed by atoms with Crippen molar-refractivity contribution in [1.82, 2.24) is 9.97 Å². The number of nitrogens with zero attached hydrogens (tertiary/aromatic N) is 3. The van der Waals surface area contributed by atoms with Crippen LogP contribution in [0.5, 0.6) is 0 Å². The summed E-state index contributed by atoms with van der Waals surface area (Å²) in [4.78, 5) is 11.7. The maximum absolute atomic E-state index is 4.75. The van der Waals surface area contributed by atoms with E-state index in [0.29, 0.717) is 12.0 Å². The van der Waals surface area contributed by atoms with Crippen molar-refractivity contribution in [3.05, 3.63) is 17.6 Å². The molecule has 0 atom stereocenters. The molecule has 0 bridgehead atoms. The Labute approximate surface area is 118 Å².